The molecule has 1 atom stereocenters. The largest absolute Gasteiger partial charge is 0.378 e. The second-order valence-electron chi connectivity index (χ2n) is 6.13. The molecule has 1 aliphatic rings. The fourth-order valence-electron chi connectivity index (χ4n) is 3.07. The number of carbonyl (C=O) groups excluding carboxylic acids is 1. The molecule has 0 aliphatic carbocycles. The average molecular weight is 336 g/mol. The molecule has 6 nitrogen and oxygen atoms in total. The highest BCUT2D eigenvalue weighted by molar-refractivity contribution is 5.95. The first-order valence-corrected chi connectivity index (χ1v) is 8.36. The normalized spacial score (nSPS) is 17.6. The monoisotopic (exact) mass is 336 g/mol. The van der Waals surface area contributed by atoms with Crippen molar-refractivity contribution in [2.45, 2.75) is 6.04 Å². The maximum Gasteiger partial charge on any atom is 0.243 e. The molecule has 1 aromatic heterocycles. The van der Waals surface area contributed by atoms with Crippen molar-refractivity contribution in [1.82, 2.24) is 14.9 Å². The number of benzene rings is 2. The summed E-state index contributed by atoms with van der Waals surface area (Å²) in [6.07, 6.45) is 0. The molecule has 25 heavy (non-hydrogen) atoms. The Labute approximate surface area is 145 Å². The van der Waals surface area contributed by atoms with Crippen LogP contribution >= 0.6 is 0 Å². The van der Waals surface area contributed by atoms with Gasteiger partial charge in [0.25, 0.3) is 0 Å². The van der Waals surface area contributed by atoms with Gasteiger partial charge in [-0.05, 0) is 36.4 Å². The number of rotatable bonds is 3. The summed E-state index contributed by atoms with van der Waals surface area (Å²) < 4.78 is 7.40. The summed E-state index contributed by atoms with van der Waals surface area (Å²) in [6, 6.07) is 15.5. The van der Waals surface area contributed by atoms with Crippen molar-refractivity contribution in [1.29, 1.82) is 0 Å². The van der Waals surface area contributed by atoms with Gasteiger partial charge in [-0.3, -0.25) is 4.79 Å². The Morgan fingerprint density at radius 1 is 1.24 bits per heavy atom. The van der Waals surface area contributed by atoms with Crippen molar-refractivity contribution in [3.05, 3.63) is 48.5 Å². The summed E-state index contributed by atoms with van der Waals surface area (Å²) in [4.78, 5) is 16.9. The first kappa shape index (κ1) is 15.8. The molecule has 6 heteroatoms. The van der Waals surface area contributed by atoms with Crippen LogP contribution in [0.15, 0.2) is 48.5 Å². The zero-order valence-corrected chi connectivity index (χ0v) is 14.0. The first-order valence-electron chi connectivity index (χ1n) is 8.36. The van der Waals surface area contributed by atoms with E-state index >= 15 is 0 Å². The summed E-state index contributed by atoms with van der Waals surface area (Å²) in [5.41, 5.74) is 3.84. The predicted octanol–water partition coefficient (Wildman–Crippen LogP) is 2.17. The minimum absolute atomic E-state index is 0.0739. The Bertz CT molecular complexity index is 895. The number of aromatic nitrogens is 2. The van der Waals surface area contributed by atoms with Gasteiger partial charge in [-0.15, -0.1) is 0 Å². The third-order valence-corrected chi connectivity index (χ3v) is 4.44. The number of nitrogens with zero attached hydrogens (tertiary/aromatic N) is 2. The Morgan fingerprint density at radius 2 is 2.04 bits per heavy atom. The lowest BCUT2D eigenvalue weighted by Gasteiger charge is -2.22. The molecule has 1 fully saturated rings. The number of carbonyl (C=O) groups is 1. The van der Waals surface area contributed by atoms with E-state index in [1.807, 2.05) is 49.5 Å². The number of amides is 1. The van der Waals surface area contributed by atoms with E-state index in [9.17, 15) is 4.79 Å². The van der Waals surface area contributed by atoms with Crippen LogP contribution in [0.5, 0.6) is 0 Å². The molecule has 3 aromatic rings. The van der Waals surface area contributed by atoms with Gasteiger partial charge in [-0.25, -0.2) is 4.98 Å². The molecular formula is C19H20N4O2. The van der Waals surface area contributed by atoms with Crippen LogP contribution in [0.25, 0.3) is 22.4 Å². The molecule has 0 spiro atoms. The zero-order valence-electron chi connectivity index (χ0n) is 14.0. The number of aryl methyl sites for hydroxylation is 1. The molecular weight excluding hydrogens is 316 g/mol. The molecule has 0 saturated carbocycles. The molecule has 1 saturated heterocycles. The zero-order chi connectivity index (χ0) is 17.2. The summed E-state index contributed by atoms with van der Waals surface area (Å²) in [6.45, 7) is 1.75. The molecule has 1 amide bonds. The van der Waals surface area contributed by atoms with Crippen molar-refractivity contribution in [3.8, 4) is 11.4 Å². The Kier molecular flexibility index (Phi) is 4.21. The molecule has 1 aliphatic heterocycles. The van der Waals surface area contributed by atoms with Gasteiger partial charge >= 0.3 is 0 Å². The van der Waals surface area contributed by atoms with Crippen LogP contribution in [0.1, 0.15) is 0 Å². The molecule has 0 radical (unpaired) electrons. The number of imidazole rings is 1. The highest BCUT2D eigenvalue weighted by Crippen LogP contribution is 2.24. The quantitative estimate of drug-likeness (QED) is 0.769. The predicted molar refractivity (Wildman–Crippen MR) is 97.4 cm³/mol. The van der Waals surface area contributed by atoms with Gasteiger partial charge in [0.1, 0.15) is 11.9 Å². The van der Waals surface area contributed by atoms with E-state index in [0.717, 1.165) is 28.1 Å². The van der Waals surface area contributed by atoms with Crippen LogP contribution in [-0.4, -0.2) is 41.3 Å². The Morgan fingerprint density at radius 3 is 2.76 bits per heavy atom. The molecule has 2 N–H and O–H groups in total. The van der Waals surface area contributed by atoms with E-state index in [-0.39, 0.29) is 11.9 Å². The number of fused-ring (bicyclic) bond motifs is 1. The lowest BCUT2D eigenvalue weighted by atomic mass is 10.2. The standard InChI is InChI=1S/C19H20N4O2/c1-23-17-5-3-2-4-15(17)22-18(23)13-6-8-14(9-7-13)21-19(24)16-12-25-11-10-20-16/h2-9,16,20H,10-12H2,1H3,(H,21,24)/t16-/m0/s1. The van der Waals surface area contributed by atoms with Crippen LogP contribution in [0.3, 0.4) is 0 Å². The lowest BCUT2D eigenvalue weighted by molar-refractivity contribution is -0.120. The van der Waals surface area contributed by atoms with Gasteiger partial charge in [0, 0.05) is 24.8 Å². The van der Waals surface area contributed by atoms with Crippen molar-refractivity contribution in [2.75, 3.05) is 25.1 Å². The molecule has 128 valence electrons. The smallest absolute Gasteiger partial charge is 0.243 e. The van der Waals surface area contributed by atoms with Crippen LogP contribution in [0.2, 0.25) is 0 Å². The number of hydrogen-bond acceptors (Lipinski definition) is 4. The van der Waals surface area contributed by atoms with Crippen molar-refractivity contribution in [2.24, 2.45) is 7.05 Å². The first-order chi connectivity index (χ1) is 12.2. The summed E-state index contributed by atoms with van der Waals surface area (Å²) >= 11 is 0. The van der Waals surface area contributed by atoms with E-state index in [2.05, 4.69) is 21.3 Å². The molecule has 4 rings (SSSR count). The number of hydrogen-bond donors (Lipinski definition) is 2. The van der Waals surface area contributed by atoms with Crippen LogP contribution in [-0.2, 0) is 16.6 Å². The molecule has 0 bridgehead atoms. The Balaban J connectivity index is 1.53. The SMILES string of the molecule is Cn1c(-c2ccc(NC(=O)[C@@H]3COCCN3)cc2)nc2ccccc21. The van der Waals surface area contributed by atoms with E-state index in [1.54, 1.807) is 0 Å². The van der Waals surface area contributed by atoms with Crippen molar-refractivity contribution >= 4 is 22.6 Å². The molecule has 2 aromatic carbocycles. The van der Waals surface area contributed by atoms with E-state index in [4.69, 9.17) is 9.72 Å². The fraction of sp³-hybridized carbons (Fsp3) is 0.263. The maximum atomic E-state index is 12.2. The lowest BCUT2D eigenvalue weighted by Crippen LogP contribution is -2.48. The van der Waals surface area contributed by atoms with Crippen molar-refractivity contribution < 1.29 is 9.53 Å². The summed E-state index contributed by atoms with van der Waals surface area (Å²) in [5.74, 6) is 0.830. The van der Waals surface area contributed by atoms with E-state index in [1.165, 1.54) is 0 Å². The maximum absolute atomic E-state index is 12.2. The van der Waals surface area contributed by atoms with Gasteiger partial charge in [-0.2, -0.15) is 0 Å². The molecule has 0 unspecified atom stereocenters. The number of morpholine rings is 1. The number of ether oxygens (including phenoxy) is 1. The average Bonchev–Trinajstić information content (AvgIpc) is 3.00. The van der Waals surface area contributed by atoms with Gasteiger partial charge < -0.3 is 19.9 Å². The van der Waals surface area contributed by atoms with E-state index in [0.29, 0.717) is 19.8 Å². The summed E-state index contributed by atoms with van der Waals surface area (Å²) in [7, 11) is 2.01. The second kappa shape index (κ2) is 6.66. The van der Waals surface area contributed by atoms with Crippen LogP contribution < -0.4 is 10.6 Å². The third-order valence-electron chi connectivity index (χ3n) is 4.44. The minimum Gasteiger partial charge on any atom is -0.378 e. The highest BCUT2D eigenvalue weighted by Gasteiger charge is 2.21. The Hall–Kier alpha value is -2.70. The van der Waals surface area contributed by atoms with Gasteiger partial charge in [0.05, 0.1) is 24.2 Å². The van der Waals surface area contributed by atoms with Gasteiger partial charge in [0.2, 0.25) is 5.91 Å². The van der Waals surface area contributed by atoms with Crippen LogP contribution in [0, 0.1) is 0 Å². The van der Waals surface area contributed by atoms with Gasteiger partial charge in [-0.1, -0.05) is 12.1 Å². The van der Waals surface area contributed by atoms with Gasteiger partial charge in [0.15, 0.2) is 0 Å². The topological polar surface area (TPSA) is 68.2 Å². The second-order valence-corrected chi connectivity index (χ2v) is 6.13. The number of para-hydroxylation sites is 2. The summed E-state index contributed by atoms with van der Waals surface area (Å²) in [5, 5.41) is 6.07. The third kappa shape index (κ3) is 3.14. The minimum atomic E-state index is -0.298. The van der Waals surface area contributed by atoms with Crippen molar-refractivity contribution in [3.63, 3.8) is 0 Å². The number of nitrogens with one attached hydrogen (secondary N) is 2. The molecule has 2 heterocycles. The highest BCUT2D eigenvalue weighted by atomic mass is 16.5. The van der Waals surface area contributed by atoms with E-state index < -0.39 is 0 Å². The van der Waals surface area contributed by atoms with Crippen LogP contribution in [0.4, 0.5) is 5.69 Å². The number of anilines is 1. The fourth-order valence-corrected chi connectivity index (χ4v) is 3.07.